The summed E-state index contributed by atoms with van der Waals surface area (Å²) in [6.45, 7) is 5.92. The molecule has 0 spiro atoms. The van der Waals surface area contributed by atoms with Gasteiger partial charge in [-0.15, -0.1) is 11.3 Å². The molecule has 6 heteroatoms. The van der Waals surface area contributed by atoms with Crippen LogP contribution in [-0.2, 0) is 18.7 Å². The van der Waals surface area contributed by atoms with Gasteiger partial charge in [0.05, 0.1) is 17.9 Å². The SMILES string of the molecule is OC1(c2csc(CN3CCC3)n2)CCN(Cc2ccccn2)CC1. The van der Waals surface area contributed by atoms with Crippen LogP contribution in [0.5, 0.6) is 0 Å². The van der Waals surface area contributed by atoms with Crippen LogP contribution in [0.2, 0.25) is 0 Å². The lowest BCUT2D eigenvalue weighted by Gasteiger charge is -2.37. The van der Waals surface area contributed by atoms with Crippen molar-refractivity contribution in [3.63, 3.8) is 0 Å². The first-order valence-corrected chi connectivity index (χ1v) is 9.61. The summed E-state index contributed by atoms with van der Waals surface area (Å²) in [4.78, 5) is 13.9. The number of aliphatic hydroxyl groups is 1. The number of rotatable bonds is 5. The fraction of sp³-hybridized carbons (Fsp3) is 0.556. The minimum atomic E-state index is -0.760. The number of likely N-dealkylation sites (tertiary alicyclic amines) is 2. The smallest absolute Gasteiger partial charge is 0.110 e. The van der Waals surface area contributed by atoms with E-state index in [2.05, 4.69) is 26.2 Å². The molecule has 0 unspecified atom stereocenters. The lowest BCUT2D eigenvalue weighted by atomic mass is 9.89. The number of piperidine rings is 1. The summed E-state index contributed by atoms with van der Waals surface area (Å²) in [5.41, 5.74) is 1.21. The molecule has 0 atom stereocenters. The molecule has 2 aliphatic rings. The second kappa shape index (κ2) is 6.88. The van der Waals surface area contributed by atoms with E-state index in [4.69, 9.17) is 4.98 Å². The number of thiazole rings is 1. The van der Waals surface area contributed by atoms with Crippen LogP contribution in [0.4, 0.5) is 0 Å². The minimum absolute atomic E-state index is 0.743. The Balaban J connectivity index is 1.35. The lowest BCUT2D eigenvalue weighted by molar-refractivity contribution is -0.0310. The first-order valence-electron chi connectivity index (χ1n) is 8.73. The molecule has 0 saturated carbocycles. The highest BCUT2D eigenvalue weighted by atomic mass is 32.1. The largest absolute Gasteiger partial charge is 0.383 e. The molecular weight excluding hydrogens is 320 g/mol. The Morgan fingerprint density at radius 1 is 1.08 bits per heavy atom. The highest BCUT2D eigenvalue weighted by Gasteiger charge is 2.36. The van der Waals surface area contributed by atoms with Gasteiger partial charge in [-0.2, -0.15) is 0 Å². The van der Waals surface area contributed by atoms with Crippen molar-refractivity contribution in [3.05, 3.63) is 46.2 Å². The van der Waals surface area contributed by atoms with Gasteiger partial charge in [0.1, 0.15) is 10.6 Å². The number of hydrogen-bond acceptors (Lipinski definition) is 6. The zero-order valence-corrected chi connectivity index (χ0v) is 14.7. The van der Waals surface area contributed by atoms with E-state index in [-0.39, 0.29) is 0 Å². The van der Waals surface area contributed by atoms with Crippen molar-refractivity contribution >= 4 is 11.3 Å². The van der Waals surface area contributed by atoms with Gasteiger partial charge in [0, 0.05) is 31.2 Å². The Bertz CT molecular complexity index is 663. The second-order valence-electron chi connectivity index (χ2n) is 6.88. The van der Waals surface area contributed by atoms with Crippen molar-refractivity contribution in [2.75, 3.05) is 26.2 Å². The van der Waals surface area contributed by atoms with E-state index in [0.29, 0.717) is 0 Å². The summed E-state index contributed by atoms with van der Waals surface area (Å²) in [7, 11) is 0. The summed E-state index contributed by atoms with van der Waals surface area (Å²) in [5.74, 6) is 0. The zero-order chi connectivity index (χ0) is 16.4. The van der Waals surface area contributed by atoms with Gasteiger partial charge in [-0.25, -0.2) is 4.98 Å². The standard InChI is InChI=1S/C18H24N4OS/c23-18(16-14-24-17(20-16)13-21-8-3-9-21)5-10-22(11-6-18)12-15-4-1-2-7-19-15/h1-2,4,7,14,23H,3,5-6,8-13H2. The van der Waals surface area contributed by atoms with Gasteiger partial charge < -0.3 is 5.11 Å². The molecule has 0 amide bonds. The average molecular weight is 344 g/mol. The van der Waals surface area contributed by atoms with E-state index in [9.17, 15) is 5.11 Å². The van der Waals surface area contributed by atoms with Crippen molar-refractivity contribution in [2.45, 2.75) is 38.0 Å². The van der Waals surface area contributed by atoms with Crippen LogP contribution in [0, 0.1) is 0 Å². The van der Waals surface area contributed by atoms with Crippen LogP contribution in [0.25, 0.3) is 0 Å². The maximum absolute atomic E-state index is 11.0. The van der Waals surface area contributed by atoms with Crippen molar-refractivity contribution in [2.24, 2.45) is 0 Å². The summed E-state index contributed by atoms with van der Waals surface area (Å²) in [6.07, 6.45) is 4.62. The molecular formula is C18H24N4OS. The number of pyridine rings is 1. The van der Waals surface area contributed by atoms with Gasteiger partial charge in [-0.05, 0) is 44.5 Å². The van der Waals surface area contributed by atoms with Crippen LogP contribution in [-0.4, -0.2) is 51.1 Å². The molecule has 24 heavy (non-hydrogen) atoms. The molecule has 2 fully saturated rings. The molecule has 0 aromatic carbocycles. The van der Waals surface area contributed by atoms with Gasteiger partial charge in [0.2, 0.25) is 0 Å². The molecule has 2 aliphatic heterocycles. The monoisotopic (exact) mass is 344 g/mol. The van der Waals surface area contributed by atoms with Crippen molar-refractivity contribution in [1.29, 1.82) is 0 Å². The maximum atomic E-state index is 11.0. The predicted molar refractivity (Wildman–Crippen MR) is 94.7 cm³/mol. The molecule has 0 bridgehead atoms. The first-order chi connectivity index (χ1) is 11.7. The van der Waals surface area contributed by atoms with Crippen LogP contribution in [0.1, 0.15) is 35.7 Å². The molecule has 4 heterocycles. The molecule has 0 aliphatic carbocycles. The van der Waals surface area contributed by atoms with E-state index in [0.717, 1.165) is 55.4 Å². The molecule has 128 valence electrons. The van der Waals surface area contributed by atoms with Crippen molar-refractivity contribution in [3.8, 4) is 0 Å². The summed E-state index contributed by atoms with van der Waals surface area (Å²) in [5, 5.41) is 14.2. The Labute approximate surface area is 147 Å². The highest BCUT2D eigenvalue weighted by molar-refractivity contribution is 7.09. The Kier molecular flexibility index (Phi) is 4.63. The molecule has 1 N–H and O–H groups in total. The number of nitrogens with zero attached hydrogens (tertiary/aromatic N) is 4. The lowest BCUT2D eigenvalue weighted by Crippen LogP contribution is -2.42. The molecule has 4 rings (SSSR count). The van der Waals surface area contributed by atoms with Crippen molar-refractivity contribution in [1.82, 2.24) is 19.8 Å². The van der Waals surface area contributed by atoms with Crippen LogP contribution < -0.4 is 0 Å². The highest BCUT2D eigenvalue weighted by Crippen LogP contribution is 2.34. The fourth-order valence-corrected chi connectivity index (χ4v) is 4.31. The number of hydrogen-bond donors (Lipinski definition) is 1. The van der Waals surface area contributed by atoms with E-state index >= 15 is 0 Å². The molecule has 2 aromatic rings. The second-order valence-corrected chi connectivity index (χ2v) is 7.83. The molecule has 2 aromatic heterocycles. The third kappa shape index (κ3) is 3.52. The topological polar surface area (TPSA) is 52.5 Å². The third-order valence-electron chi connectivity index (χ3n) is 5.13. The van der Waals surface area contributed by atoms with Crippen LogP contribution >= 0.6 is 11.3 Å². The predicted octanol–water partition coefficient (Wildman–Crippen LogP) is 2.23. The van der Waals surface area contributed by atoms with Gasteiger partial charge in [-0.1, -0.05) is 6.07 Å². The molecule has 2 saturated heterocycles. The van der Waals surface area contributed by atoms with Gasteiger partial charge in [0.15, 0.2) is 0 Å². The fourth-order valence-electron chi connectivity index (χ4n) is 3.39. The maximum Gasteiger partial charge on any atom is 0.110 e. The Morgan fingerprint density at radius 3 is 2.54 bits per heavy atom. The summed E-state index contributed by atoms with van der Waals surface area (Å²) in [6, 6.07) is 6.03. The minimum Gasteiger partial charge on any atom is -0.383 e. The Hall–Kier alpha value is -1.34. The van der Waals surface area contributed by atoms with Crippen LogP contribution in [0.15, 0.2) is 29.8 Å². The summed E-state index contributed by atoms with van der Waals surface area (Å²) >= 11 is 1.69. The van der Waals surface area contributed by atoms with Gasteiger partial charge in [0.25, 0.3) is 0 Å². The van der Waals surface area contributed by atoms with Gasteiger partial charge in [-0.3, -0.25) is 14.8 Å². The zero-order valence-electron chi connectivity index (χ0n) is 13.9. The van der Waals surface area contributed by atoms with Crippen molar-refractivity contribution < 1.29 is 5.11 Å². The van der Waals surface area contributed by atoms with E-state index in [1.807, 2.05) is 18.3 Å². The van der Waals surface area contributed by atoms with E-state index in [1.54, 1.807) is 11.3 Å². The van der Waals surface area contributed by atoms with Gasteiger partial charge >= 0.3 is 0 Å². The summed E-state index contributed by atoms with van der Waals surface area (Å²) < 4.78 is 0. The van der Waals surface area contributed by atoms with E-state index < -0.39 is 5.60 Å². The quantitative estimate of drug-likeness (QED) is 0.901. The van der Waals surface area contributed by atoms with E-state index in [1.165, 1.54) is 19.5 Å². The Morgan fingerprint density at radius 2 is 1.88 bits per heavy atom. The molecule has 5 nitrogen and oxygen atoms in total. The van der Waals surface area contributed by atoms with Crippen LogP contribution in [0.3, 0.4) is 0 Å². The number of aromatic nitrogens is 2. The first kappa shape index (κ1) is 16.1. The average Bonchev–Trinajstić information content (AvgIpc) is 3.04. The normalized spacial score (nSPS) is 21.5. The third-order valence-corrected chi connectivity index (χ3v) is 5.96. The molecule has 0 radical (unpaired) electrons.